The van der Waals surface area contributed by atoms with Gasteiger partial charge in [0, 0.05) is 18.4 Å². The van der Waals surface area contributed by atoms with E-state index in [1.165, 1.54) is 14.2 Å². The number of hydrogen-bond acceptors (Lipinski definition) is 6. The van der Waals surface area contributed by atoms with Crippen LogP contribution in [0.5, 0.6) is 17.2 Å². The average Bonchev–Trinajstić information content (AvgIpc) is 3.07. The van der Waals surface area contributed by atoms with Gasteiger partial charge in [-0.15, -0.1) is 0 Å². The van der Waals surface area contributed by atoms with Gasteiger partial charge in [0.25, 0.3) is 0 Å². The zero-order valence-corrected chi connectivity index (χ0v) is 17.5. The summed E-state index contributed by atoms with van der Waals surface area (Å²) < 4.78 is 23.2. The minimum absolute atomic E-state index is 0.0710. The lowest BCUT2D eigenvalue weighted by atomic mass is 9.70. The Hall–Kier alpha value is -2.99. The summed E-state index contributed by atoms with van der Waals surface area (Å²) in [7, 11) is 2.94. The van der Waals surface area contributed by atoms with Gasteiger partial charge in [-0.2, -0.15) is 0 Å². The number of Topliss-reactive ketones (excluding diaryl/α,β-unsaturated/α-hetero) is 2. The van der Waals surface area contributed by atoms with Gasteiger partial charge in [0.15, 0.2) is 17.3 Å². The van der Waals surface area contributed by atoms with E-state index in [1.807, 2.05) is 31.2 Å². The predicted octanol–water partition coefficient (Wildman–Crippen LogP) is 4.22. The fourth-order valence-corrected chi connectivity index (χ4v) is 4.89. The van der Waals surface area contributed by atoms with Crippen molar-refractivity contribution in [3.63, 3.8) is 0 Å². The van der Waals surface area contributed by atoms with Crippen LogP contribution in [0.3, 0.4) is 0 Å². The molecule has 2 aliphatic heterocycles. The summed E-state index contributed by atoms with van der Waals surface area (Å²) in [5, 5.41) is 0.181. The zero-order chi connectivity index (χ0) is 21.2. The molecule has 2 heterocycles. The number of benzene rings is 2. The van der Waals surface area contributed by atoms with Crippen LogP contribution >= 0.6 is 11.6 Å². The molecule has 7 heteroatoms. The Kier molecular flexibility index (Phi) is 4.12. The van der Waals surface area contributed by atoms with Crippen molar-refractivity contribution >= 4 is 28.7 Å². The summed E-state index contributed by atoms with van der Waals surface area (Å²) in [6.07, 6.45) is 0.146. The van der Waals surface area contributed by atoms with Gasteiger partial charge < -0.3 is 18.9 Å². The highest BCUT2D eigenvalue weighted by molar-refractivity contribution is 6.35. The molecule has 5 rings (SSSR count). The van der Waals surface area contributed by atoms with Crippen LogP contribution in [-0.2, 0) is 16.1 Å². The molecule has 2 atom stereocenters. The SMILES string of the molecule is COc1cc(OC)c2c(c1Cl)O[C@]1(C2=O)C2=C(C(=O)C[C@H]1C)c1ccccc1CO2. The molecule has 3 aliphatic rings. The van der Waals surface area contributed by atoms with E-state index in [0.29, 0.717) is 17.1 Å². The maximum absolute atomic E-state index is 13.9. The van der Waals surface area contributed by atoms with Gasteiger partial charge in [0.2, 0.25) is 11.4 Å². The highest BCUT2D eigenvalue weighted by Gasteiger charge is 2.62. The third kappa shape index (κ3) is 2.25. The van der Waals surface area contributed by atoms with Crippen molar-refractivity contribution in [2.75, 3.05) is 14.2 Å². The minimum atomic E-state index is -1.48. The number of hydrogen-bond donors (Lipinski definition) is 0. The van der Waals surface area contributed by atoms with E-state index >= 15 is 0 Å². The molecule has 1 aliphatic carbocycles. The molecule has 1 spiro atoms. The Labute approximate surface area is 178 Å². The van der Waals surface area contributed by atoms with Gasteiger partial charge in [-0.25, -0.2) is 0 Å². The lowest BCUT2D eigenvalue weighted by molar-refractivity contribution is -0.117. The van der Waals surface area contributed by atoms with E-state index in [1.54, 1.807) is 6.07 Å². The van der Waals surface area contributed by atoms with Crippen LogP contribution < -0.4 is 14.2 Å². The summed E-state index contributed by atoms with van der Waals surface area (Å²) in [6, 6.07) is 9.10. The molecule has 0 saturated carbocycles. The number of carbonyl (C=O) groups excluding carboxylic acids is 2. The van der Waals surface area contributed by atoms with Crippen LogP contribution in [0.25, 0.3) is 5.57 Å². The first kappa shape index (κ1) is 19.0. The van der Waals surface area contributed by atoms with E-state index in [9.17, 15) is 9.59 Å². The molecule has 0 radical (unpaired) electrons. The van der Waals surface area contributed by atoms with Gasteiger partial charge in [-0.3, -0.25) is 9.59 Å². The lowest BCUT2D eigenvalue weighted by Gasteiger charge is -2.41. The van der Waals surface area contributed by atoms with Crippen molar-refractivity contribution in [2.24, 2.45) is 5.92 Å². The Morgan fingerprint density at radius 3 is 2.60 bits per heavy atom. The molecule has 6 nitrogen and oxygen atoms in total. The third-order valence-corrected chi connectivity index (χ3v) is 6.46. The Morgan fingerprint density at radius 2 is 1.87 bits per heavy atom. The lowest BCUT2D eigenvalue weighted by Crippen LogP contribution is -2.53. The van der Waals surface area contributed by atoms with E-state index in [2.05, 4.69) is 0 Å². The largest absolute Gasteiger partial charge is 0.496 e. The van der Waals surface area contributed by atoms with Crippen LogP contribution in [0.15, 0.2) is 36.1 Å². The maximum atomic E-state index is 13.9. The van der Waals surface area contributed by atoms with Crippen LogP contribution in [0.2, 0.25) is 5.02 Å². The quantitative estimate of drug-likeness (QED) is 0.716. The van der Waals surface area contributed by atoms with Crippen LogP contribution in [-0.4, -0.2) is 31.4 Å². The van der Waals surface area contributed by atoms with E-state index in [4.69, 9.17) is 30.5 Å². The molecule has 0 fully saturated rings. The predicted molar refractivity (Wildman–Crippen MR) is 109 cm³/mol. The minimum Gasteiger partial charge on any atom is -0.496 e. The highest BCUT2D eigenvalue weighted by atomic mass is 35.5. The second-order valence-electron chi connectivity index (χ2n) is 7.64. The van der Waals surface area contributed by atoms with Gasteiger partial charge in [0.05, 0.1) is 19.8 Å². The van der Waals surface area contributed by atoms with Crippen molar-refractivity contribution in [3.8, 4) is 17.2 Å². The normalized spacial score (nSPS) is 24.1. The molecule has 30 heavy (non-hydrogen) atoms. The first-order chi connectivity index (χ1) is 14.4. The number of rotatable bonds is 2. The fraction of sp³-hybridized carbons (Fsp3) is 0.304. The third-order valence-electron chi connectivity index (χ3n) is 6.11. The molecule has 0 N–H and O–H groups in total. The molecule has 0 saturated heterocycles. The maximum Gasteiger partial charge on any atom is 0.231 e. The number of ether oxygens (including phenoxy) is 4. The fourth-order valence-electron chi connectivity index (χ4n) is 4.63. The Morgan fingerprint density at radius 1 is 1.13 bits per heavy atom. The van der Waals surface area contributed by atoms with Crippen molar-refractivity contribution < 1.29 is 28.5 Å². The second-order valence-corrected chi connectivity index (χ2v) is 8.02. The summed E-state index contributed by atoms with van der Waals surface area (Å²) >= 11 is 6.50. The van der Waals surface area contributed by atoms with Crippen LogP contribution in [0, 0.1) is 5.92 Å². The molecule has 2 aromatic rings. The monoisotopic (exact) mass is 426 g/mol. The zero-order valence-electron chi connectivity index (χ0n) is 16.7. The number of allylic oxidation sites excluding steroid dienone is 1. The molecule has 154 valence electrons. The molecule has 0 bridgehead atoms. The number of ketones is 2. The van der Waals surface area contributed by atoms with Crippen molar-refractivity contribution in [3.05, 3.63) is 57.8 Å². The van der Waals surface area contributed by atoms with Gasteiger partial charge >= 0.3 is 0 Å². The molecular formula is C23H19ClO6. The van der Waals surface area contributed by atoms with E-state index in [-0.39, 0.29) is 46.7 Å². The first-order valence-corrected chi connectivity index (χ1v) is 9.99. The number of carbonyl (C=O) groups is 2. The Balaban J connectivity index is 1.78. The molecule has 2 aromatic carbocycles. The van der Waals surface area contributed by atoms with Crippen molar-refractivity contribution in [2.45, 2.75) is 25.6 Å². The summed E-state index contributed by atoms with van der Waals surface area (Å²) in [6.45, 7) is 2.06. The summed E-state index contributed by atoms with van der Waals surface area (Å²) in [5.74, 6) is 0.220. The van der Waals surface area contributed by atoms with E-state index in [0.717, 1.165) is 11.1 Å². The first-order valence-electron chi connectivity index (χ1n) is 9.61. The topological polar surface area (TPSA) is 71.1 Å². The van der Waals surface area contributed by atoms with Crippen LogP contribution in [0.4, 0.5) is 0 Å². The standard InChI is InChI=1S/C23H19ClO6/c1-11-8-14(25)17-13-7-5-4-6-12(13)10-29-22(17)23(11)21(26)18-15(27-2)9-16(28-3)19(24)20(18)30-23/h4-7,9,11H,8,10H2,1-3H3/t11-,23-/m1/s1. The Bertz CT molecular complexity index is 1150. The van der Waals surface area contributed by atoms with Crippen LogP contribution in [0.1, 0.15) is 34.8 Å². The van der Waals surface area contributed by atoms with Gasteiger partial charge in [0.1, 0.15) is 28.7 Å². The molecular weight excluding hydrogens is 408 g/mol. The number of halogens is 1. The van der Waals surface area contributed by atoms with E-state index < -0.39 is 11.5 Å². The second kappa shape index (κ2) is 6.51. The summed E-state index contributed by atoms with van der Waals surface area (Å²) in [5.41, 5.74) is 0.826. The molecule has 0 unspecified atom stereocenters. The van der Waals surface area contributed by atoms with Gasteiger partial charge in [-0.05, 0) is 11.1 Å². The van der Waals surface area contributed by atoms with Gasteiger partial charge in [-0.1, -0.05) is 42.8 Å². The molecule has 0 amide bonds. The number of fused-ring (bicyclic) bond motifs is 4. The highest BCUT2D eigenvalue weighted by Crippen LogP contribution is 2.57. The number of methoxy groups -OCH3 is 2. The smallest absolute Gasteiger partial charge is 0.231 e. The summed E-state index contributed by atoms with van der Waals surface area (Å²) in [4.78, 5) is 26.9. The van der Waals surface area contributed by atoms with Crippen molar-refractivity contribution in [1.29, 1.82) is 0 Å². The average molecular weight is 427 g/mol. The molecule has 0 aromatic heterocycles. The van der Waals surface area contributed by atoms with Crippen molar-refractivity contribution in [1.82, 2.24) is 0 Å².